The fourth-order valence-electron chi connectivity index (χ4n) is 2.12. The fraction of sp³-hybridized carbons (Fsp3) is 0.538. The Hall–Kier alpha value is -1.13. The number of hydrogen-bond donors (Lipinski definition) is 1. The second-order valence-electron chi connectivity index (χ2n) is 4.46. The normalized spacial score (nSPS) is 18.3. The molecule has 0 saturated carbocycles. The molecule has 0 radical (unpaired) electrons. The van der Waals surface area contributed by atoms with E-state index in [9.17, 15) is 9.50 Å². The third-order valence-corrected chi connectivity index (χ3v) is 3.20. The summed E-state index contributed by atoms with van der Waals surface area (Å²) in [5, 5.41) is 9.41. The summed E-state index contributed by atoms with van der Waals surface area (Å²) in [6.45, 7) is 2.21. The van der Waals surface area contributed by atoms with E-state index in [0.717, 1.165) is 25.9 Å². The molecule has 1 aliphatic rings. The lowest BCUT2D eigenvalue weighted by Gasteiger charge is -2.29. The van der Waals surface area contributed by atoms with Gasteiger partial charge in [-0.1, -0.05) is 0 Å². The molecule has 1 saturated heterocycles. The lowest BCUT2D eigenvalue weighted by Crippen LogP contribution is -2.35. The van der Waals surface area contributed by atoms with Gasteiger partial charge in [0.1, 0.15) is 11.6 Å². The summed E-state index contributed by atoms with van der Waals surface area (Å²) in [5.41, 5.74) is 0.653. The SMILES string of the molecule is COc1ccc(F)c(CN2CCC(O)CC2)c1. The molecule has 94 valence electrons. The van der Waals surface area contributed by atoms with Crippen molar-refractivity contribution in [2.45, 2.75) is 25.5 Å². The van der Waals surface area contributed by atoms with Crippen molar-refractivity contribution < 1.29 is 14.2 Å². The van der Waals surface area contributed by atoms with Crippen LogP contribution >= 0.6 is 0 Å². The van der Waals surface area contributed by atoms with Gasteiger partial charge < -0.3 is 9.84 Å². The number of hydrogen-bond acceptors (Lipinski definition) is 3. The summed E-state index contributed by atoms with van der Waals surface area (Å²) < 4.78 is 18.7. The van der Waals surface area contributed by atoms with E-state index in [1.165, 1.54) is 6.07 Å². The minimum Gasteiger partial charge on any atom is -0.497 e. The van der Waals surface area contributed by atoms with Crippen LogP contribution in [0.4, 0.5) is 4.39 Å². The molecule has 1 fully saturated rings. The van der Waals surface area contributed by atoms with Crippen LogP contribution in [0.3, 0.4) is 0 Å². The van der Waals surface area contributed by atoms with Gasteiger partial charge in [0.2, 0.25) is 0 Å². The van der Waals surface area contributed by atoms with E-state index in [-0.39, 0.29) is 11.9 Å². The third kappa shape index (κ3) is 3.17. The molecule has 0 unspecified atom stereocenters. The molecule has 1 heterocycles. The molecule has 1 N–H and O–H groups in total. The summed E-state index contributed by atoms with van der Waals surface area (Å²) >= 11 is 0. The van der Waals surface area contributed by atoms with Crippen LogP contribution in [0.2, 0.25) is 0 Å². The molecule has 17 heavy (non-hydrogen) atoms. The standard InChI is InChI=1S/C13H18FNO2/c1-17-12-2-3-13(14)10(8-12)9-15-6-4-11(16)5-7-15/h2-3,8,11,16H,4-7,9H2,1H3. The van der Waals surface area contributed by atoms with E-state index >= 15 is 0 Å². The van der Waals surface area contributed by atoms with E-state index in [0.29, 0.717) is 17.9 Å². The lowest BCUT2D eigenvalue weighted by atomic mass is 10.1. The summed E-state index contributed by atoms with van der Waals surface area (Å²) in [6.07, 6.45) is 1.35. The van der Waals surface area contributed by atoms with Crippen LogP contribution in [0, 0.1) is 5.82 Å². The Morgan fingerprint density at radius 3 is 2.76 bits per heavy atom. The second kappa shape index (κ2) is 5.47. The van der Waals surface area contributed by atoms with E-state index in [2.05, 4.69) is 4.90 Å². The van der Waals surface area contributed by atoms with Crippen LogP contribution in [0.15, 0.2) is 18.2 Å². The van der Waals surface area contributed by atoms with Gasteiger partial charge in [-0.2, -0.15) is 0 Å². The van der Waals surface area contributed by atoms with Crippen molar-refractivity contribution >= 4 is 0 Å². The topological polar surface area (TPSA) is 32.7 Å². The van der Waals surface area contributed by atoms with Crippen molar-refractivity contribution in [3.8, 4) is 5.75 Å². The molecule has 1 aromatic carbocycles. The lowest BCUT2D eigenvalue weighted by molar-refractivity contribution is 0.0787. The van der Waals surface area contributed by atoms with Crippen molar-refractivity contribution in [3.63, 3.8) is 0 Å². The van der Waals surface area contributed by atoms with E-state index in [4.69, 9.17) is 4.74 Å². The van der Waals surface area contributed by atoms with E-state index in [1.54, 1.807) is 19.2 Å². The first-order valence-corrected chi connectivity index (χ1v) is 5.92. The predicted molar refractivity (Wildman–Crippen MR) is 63.5 cm³/mol. The van der Waals surface area contributed by atoms with E-state index < -0.39 is 0 Å². The minimum atomic E-state index is -0.197. The van der Waals surface area contributed by atoms with Gasteiger partial charge in [0, 0.05) is 25.2 Å². The van der Waals surface area contributed by atoms with Crippen LogP contribution < -0.4 is 4.74 Å². The molecular formula is C13H18FNO2. The van der Waals surface area contributed by atoms with Gasteiger partial charge in [-0.15, -0.1) is 0 Å². The monoisotopic (exact) mass is 239 g/mol. The number of aliphatic hydroxyl groups excluding tert-OH is 1. The fourth-order valence-corrected chi connectivity index (χ4v) is 2.12. The molecule has 2 rings (SSSR count). The molecule has 1 aromatic rings. The number of aliphatic hydroxyl groups is 1. The molecule has 0 amide bonds. The molecule has 4 heteroatoms. The van der Waals surface area contributed by atoms with Crippen molar-refractivity contribution in [1.82, 2.24) is 4.90 Å². The first kappa shape index (κ1) is 12.3. The molecule has 1 aliphatic heterocycles. The zero-order chi connectivity index (χ0) is 12.3. The number of methoxy groups -OCH3 is 1. The number of rotatable bonds is 3. The Kier molecular flexibility index (Phi) is 3.97. The maximum absolute atomic E-state index is 13.6. The highest BCUT2D eigenvalue weighted by Crippen LogP contribution is 2.20. The molecular weight excluding hydrogens is 221 g/mol. The first-order chi connectivity index (χ1) is 8.19. The molecule has 0 aromatic heterocycles. The smallest absolute Gasteiger partial charge is 0.127 e. The van der Waals surface area contributed by atoms with Gasteiger partial charge in [0.25, 0.3) is 0 Å². The van der Waals surface area contributed by atoms with Crippen LogP contribution in [-0.2, 0) is 6.54 Å². The van der Waals surface area contributed by atoms with Crippen LogP contribution in [-0.4, -0.2) is 36.3 Å². The molecule has 0 spiro atoms. The second-order valence-corrected chi connectivity index (χ2v) is 4.46. The Morgan fingerprint density at radius 1 is 1.41 bits per heavy atom. The van der Waals surface area contributed by atoms with Gasteiger partial charge in [-0.3, -0.25) is 4.90 Å². The number of ether oxygens (including phenoxy) is 1. The Bertz CT molecular complexity index is 376. The predicted octanol–water partition coefficient (Wildman–Crippen LogP) is 1.79. The van der Waals surface area contributed by atoms with Gasteiger partial charge in [0.15, 0.2) is 0 Å². The van der Waals surface area contributed by atoms with Crippen LogP contribution in [0.1, 0.15) is 18.4 Å². The largest absolute Gasteiger partial charge is 0.497 e. The van der Waals surface area contributed by atoms with Crippen molar-refractivity contribution in [2.24, 2.45) is 0 Å². The third-order valence-electron chi connectivity index (χ3n) is 3.20. The number of benzene rings is 1. The Morgan fingerprint density at radius 2 is 2.12 bits per heavy atom. The van der Waals surface area contributed by atoms with Gasteiger partial charge in [0.05, 0.1) is 13.2 Å². The molecule has 0 atom stereocenters. The number of nitrogens with zero attached hydrogens (tertiary/aromatic N) is 1. The average Bonchev–Trinajstić information content (AvgIpc) is 2.35. The quantitative estimate of drug-likeness (QED) is 0.873. The zero-order valence-corrected chi connectivity index (χ0v) is 10.0. The van der Waals surface area contributed by atoms with Crippen molar-refractivity contribution in [1.29, 1.82) is 0 Å². The average molecular weight is 239 g/mol. The molecule has 0 aliphatic carbocycles. The van der Waals surface area contributed by atoms with Crippen LogP contribution in [0.5, 0.6) is 5.75 Å². The van der Waals surface area contributed by atoms with Gasteiger partial charge in [-0.25, -0.2) is 4.39 Å². The summed E-state index contributed by atoms with van der Waals surface area (Å²) in [6, 6.07) is 4.80. The van der Waals surface area contributed by atoms with Crippen LogP contribution in [0.25, 0.3) is 0 Å². The Balaban J connectivity index is 2.02. The molecule has 3 nitrogen and oxygen atoms in total. The molecule has 0 bridgehead atoms. The van der Waals surface area contributed by atoms with Gasteiger partial charge in [-0.05, 0) is 31.0 Å². The van der Waals surface area contributed by atoms with E-state index in [1.807, 2.05) is 0 Å². The first-order valence-electron chi connectivity index (χ1n) is 5.92. The number of likely N-dealkylation sites (tertiary alicyclic amines) is 1. The Labute approximate surface area is 101 Å². The summed E-state index contributed by atoms with van der Waals surface area (Å²) in [7, 11) is 1.58. The maximum Gasteiger partial charge on any atom is 0.127 e. The zero-order valence-electron chi connectivity index (χ0n) is 10.0. The summed E-state index contributed by atoms with van der Waals surface area (Å²) in [4.78, 5) is 2.16. The number of halogens is 1. The highest BCUT2D eigenvalue weighted by molar-refractivity contribution is 5.29. The highest BCUT2D eigenvalue weighted by atomic mass is 19.1. The number of piperidine rings is 1. The van der Waals surface area contributed by atoms with Crippen molar-refractivity contribution in [2.75, 3.05) is 20.2 Å². The summed E-state index contributed by atoms with van der Waals surface area (Å²) in [5.74, 6) is 0.482. The minimum absolute atomic E-state index is 0.193. The maximum atomic E-state index is 13.6. The highest BCUT2D eigenvalue weighted by Gasteiger charge is 2.18. The van der Waals surface area contributed by atoms with Gasteiger partial charge >= 0.3 is 0 Å². The van der Waals surface area contributed by atoms with Crippen molar-refractivity contribution in [3.05, 3.63) is 29.6 Å².